The standard InChI is InChI=1S/2C10H14O3P.2C6H15O3P.Ru/c2*1-3-11-14(12-4-2)13-10-8-6-5-7-9-10;2*1-4-7-10(8-5-2)9-6-3;/h2*5-8H,3-4H2,1-2H3;2*4-6H2,1-3H3;/q2*-1;;;+2. The van der Waals surface area contributed by atoms with E-state index in [0.29, 0.717) is 77.6 Å². The summed E-state index contributed by atoms with van der Waals surface area (Å²) in [6.45, 7) is 25.4. The van der Waals surface area contributed by atoms with Crippen molar-refractivity contribution in [3.63, 3.8) is 0 Å². The molecule has 17 heteroatoms. The summed E-state index contributed by atoms with van der Waals surface area (Å²) in [5.74, 6) is 1.31. The number of para-hydroxylation sites is 2. The summed E-state index contributed by atoms with van der Waals surface area (Å²) in [6, 6.07) is 20.7. The molecule has 286 valence electrons. The third kappa shape index (κ3) is 34.8. The Kier molecular flexibility index (Phi) is 46.1. The van der Waals surface area contributed by atoms with E-state index in [1.54, 1.807) is 12.1 Å². The van der Waals surface area contributed by atoms with Crippen molar-refractivity contribution in [3.8, 4) is 11.5 Å². The molecule has 49 heavy (non-hydrogen) atoms. The van der Waals surface area contributed by atoms with Gasteiger partial charge < -0.3 is 54.3 Å². The fourth-order valence-electron chi connectivity index (χ4n) is 2.49. The van der Waals surface area contributed by atoms with E-state index in [2.05, 4.69) is 12.1 Å². The molecule has 0 aliphatic carbocycles. The molecule has 2 aromatic rings. The van der Waals surface area contributed by atoms with Crippen LogP contribution in [0.25, 0.3) is 0 Å². The zero-order valence-corrected chi connectivity index (χ0v) is 36.0. The number of hydrogen-bond acceptors (Lipinski definition) is 12. The molecule has 0 N–H and O–H groups in total. The minimum Gasteiger partial charge on any atom is -0.454 e. The predicted molar refractivity (Wildman–Crippen MR) is 196 cm³/mol. The van der Waals surface area contributed by atoms with E-state index >= 15 is 0 Å². The molecule has 2 aromatic carbocycles. The van der Waals surface area contributed by atoms with Gasteiger partial charge in [-0.3, -0.25) is 0 Å². The largest absolute Gasteiger partial charge is 2.00 e. The summed E-state index contributed by atoms with van der Waals surface area (Å²) < 4.78 is 62.9. The zero-order chi connectivity index (χ0) is 36.1. The minimum absolute atomic E-state index is 0. The van der Waals surface area contributed by atoms with Gasteiger partial charge in [-0.25, -0.2) is 0 Å². The summed E-state index contributed by atoms with van der Waals surface area (Å²) >= 11 is 0. The number of rotatable bonds is 24. The molecule has 0 aromatic heterocycles. The van der Waals surface area contributed by atoms with Crippen LogP contribution in [-0.4, -0.2) is 66.1 Å². The second-order valence-corrected chi connectivity index (χ2v) is 12.4. The minimum atomic E-state index is -1.27. The third-order valence-corrected chi connectivity index (χ3v) is 9.43. The van der Waals surface area contributed by atoms with Gasteiger partial charge in [-0.05, 0) is 69.2 Å². The van der Waals surface area contributed by atoms with Crippen LogP contribution in [0.1, 0.15) is 69.2 Å². The Hall–Kier alpha value is -0.0166. The van der Waals surface area contributed by atoms with Crippen molar-refractivity contribution < 1.29 is 73.8 Å². The molecule has 0 aliphatic rings. The van der Waals surface area contributed by atoms with Crippen LogP contribution in [0.2, 0.25) is 0 Å². The van der Waals surface area contributed by atoms with Crippen molar-refractivity contribution in [1.82, 2.24) is 0 Å². The van der Waals surface area contributed by atoms with Gasteiger partial charge in [0.1, 0.15) is 0 Å². The Balaban J connectivity index is -0.000000580. The smallest absolute Gasteiger partial charge is 0.454 e. The monoisotopic (exact) mass is 860 g/mol. The Morgan fingerprint density at radius 1 is 0.367 bits per heavy atom. The van der Waals surface area contributed by atoms with Gasteiger partial charge in [0.15, 0.2) is 0 Å². The Morgan fingerprint density at radius 3 is 0.776 bits per heavy atom. The zero-order valence-electron chi connectivity index (χ0n) is 30.7. The summed E-state index contributed by atoms with van der Waals surface area (Å²) in [5.41, 5.74) is 0. The molecular formula is C32H58O12P4Ru. The van der Waals surface area contributed by atoms with Gasteiger partial charge in [-0.15, -0.1) is 24.3 Å². The van der Waals surface area contributed by atoms with E-state index in [0.717, 1.165) is 0 Å². The Bertz CT molecular complexity index is 776. The van der Waals surface area contributed by atoms with Gasteiger partial charge in [-0.1, -0.05) is 0 Å². The second-order valence-electron chi connectivity index (χ2n) is 7.71. The maximum Gasteiger partial charge on any atom is 2.00 e. The molecule has 0 spiro atoms. The van der Waals surface area contributed by atoms with Crippen molar-refractivity contribution >= 4 is 34.4 Å². The molecule has 0 saturated heterocycles. The molecule has 0 amide bonds. The van der Waals surface area contributed by atoms with Gasteiger partial charge in [0, 0.05) is 11.5 Å². The average molecular weight is 860 g/mol. The maximum absolute atomic E-state index is 5.46. The van der Waals surface area contributed by atoms with E-state index in [-0.39, 0.29) is 19.5 Å². The first-order valence-electron chi connectivity index (χ1n) is 16.2. The molecular weight excluding hydrogens is 801 g/mol. The van der Waals surface area contributed by atoms with E-state index in [1.807, 2.05) is 106 Å². The van der Waals surface area contributed by atoms with E-state index < -0.39 is 34.4 Å². The molecule has 0 heterocycles. The number of hydrogen-bond donors (Lipinski definition) is 0. The normalized spacial score (nSPS) is 10.4. The molecule has 0 radical (unpaired) electrons. The molecule has 2 rings (SSSR count). The van der Waals surface area contributed by atoms with Gasteiger partial charge in [0.25, 0.3) is 0 Å². The fraction of sp³-hybridized carbons (Fsp3) is 0.625. The molecule has 0 unspecified atom stereocenters. The van der Waals surface area contributed by atoms with Crippen molar-refractivity contribution in [2.75, 3.05) is 66.1 Å². The van der Waals surface area contributed by atoms with Gasteiger partial charge in [0.2, 0.25) is 0 Å². The number of benzene rings is 2. The van der Waals surface area contributed by atoms with Crippen molar-refractivity contribution in [3.05, 3.63) is 60.7 Å². The average Bonchev–Trinajstić information content (AvgIpc) is 3.08. The summed E-state index contributed by atoms with van der Waals surface area (Å²) in [6.07, 6.45) is 0. The van der Waals surface area contributed by atoms with E-state index in [1.165, 1.54) is 0 Å². The molecule has 0 saturated carbocycles. The maximum atomic E-state index is 5.46. The van der Waals surface area contributed by atoms with Crippen LogP contribution in [0.4, 0.5) is 0 Å². The van der Waals surface area contributed by atoms with Crippen molar-refractivity contribution in [1.29, 1.82) is 0 Å². The first-order valence-corrected chi connectivity index (χ1v) is 20.6. The third-order valence-electron chi connectivity index (χ3n) is 4.05. The molecule has 12 nitrogen and oxygen atoms in total. The summed E-state index contributed by atoms with van der Waals surface area (Å²) in [5, 5.41) is 0. The van der Waals surface area contributed by atoms with Crippen LogP contribution >= 0.6 is 34.4 Å². The van der Waals surface area contributed by atoms with Crippen molar-refractivity contribution in [2.45, 2.75) is 69.2 Å². The fourth-order valence-corrected chi connectivity index (χ4v) is 5.95. The molecule has 0 bridgehead atoms. The predicted octanol–water partition coefficient (Wildman–Crippen LogP) is 11.0. The SMILES string of the molecule is CCOP(OCC)OCC.CCOP(OCC)OCC.CCOP(OCC)Oc1[c-]cccc1.CCOP(OCC)Oc1[c-]cccc1.[Ru+2]. The van der Waals surface area contributed by atoms with Crippen LogP contribution in [0.5, 0.6) is 11.5 Å². The van der Waals surface area contributed by atoms with E-state index in [4.69, 9.17) is 54.3 Å². The van der Waals surface area contributed by atoms with Gasteiger partial charge in [-0.2, -0.15) is 36.4 Å². The van der Waals surface area contributed by atoms with Crippen LogP contribution < -0.4 is 9.05 Å². The van der Waals surface area contributed by atoms with Gasteiger partial charge in [0.05, 0.1) is 66.1 Å². The Morgan fingerprint density at radius 2 is 0.592 bits per heavy atom. The first-order chi connectivity index (χ1) is 23.4. The van der Waals surface area contributed by atoms with Gasteiger partial charge >= 0.3 is 53.9 Å². The van der Waals surface area contributed by atoms with Crippen LogP contribution in [0.3, 0.4) is 0 Å². The summed E-state index contributed by atoms with van der Waals surface area (Å²) in [7, 11) is -4.66. The van der Waals surface area contributed by atoms with Crippen LogP contribution in [0.15, 0.2) is 48.5 Å². The quantitative estimate of drug-likeness (QED) is 0.0569. The molecule has 0 atom stereocenters. The molecule has 0 aliphatic heterocycles. The first kappa shape index (κ1) is 53.3. The van der Waals surface area contributed by atoms with Crippen LogP contribution in [0, 0.1) is 12.1 Å². The Labute approximate surface area is 314 Å². The summed E-state index contributed by atoms with van der Waals surface area (Å²) in [4.78, 5) is 0. The topological polar surface area (TPSA) is 111 Å². The second kappa shape index (κ2) is 42.4. The molecule has 0 fully saturated rings. The van der Waals surface area contributed by atoms with E-state index in [9.17, 15) is 0 Å². The van der Waals surface area contributed by atoms with Crippen LogP contribution in [-0.2, 0) is 64.7 Å². The van der Waals surface area contributed by atoms with Crippen molar-refractivity contribution in [2.24, 2.45) is 0 Å².